The van der Waals surface area contributed by atoms with Crippen LogP contribution in [-0.2, 0) is 19.9 Å². The molecule has 21 heavy (non-hydrogen) atoms. The number of hydrogen-bond acceptors (Lipinski definition) is 4. The van der Waals surface area contributed by atoms with Gasteiger partial charge in [0.05, 0.1) is 17.4 Å². The van der Waals surface area contributed by atoms with Gasteiger partial charge in [-0.25, -0.2) is 0 Å². The van der Waals surface area contributed by atoms with E-state index in [2.05, 4.69) is 42.5 Å². The van der Waals surface area contributed by atoms with E-state index < -0.39 is 0 Å². The van der Waals surface area contributed by atoms with Crippen molar-refractivity contribution in [3.63, 3.8) is 0 Å². The smallest absolute Gasteiger partial charge is 0.0670 e. The fourth-order valence-corrected chi connectivity index (χ4v) is 2.51. The third-order valence-electron chi connectivity index (χ3n) is 3.97. The van der Waals surface area contributed by atoms with Crippen molar-refractivity contribution in [1.82, 2.24) is 25.0 Å². The maximum atomic E-state index is 5.76. The van der Waals surface area contributed by atoms with E-state index in [-0.39, 0.29) is 6.04 Å². The Morgan fingerprint density at radius 1 is 1.33 bits per heavy atom. The van der Waals surface area contributed by atoms with Crippen molar-refractivity contribution < 1.29 is 0 Å². The predicted molar refractivity (Wildman–Crippen MR) is 83.6 cm³/mol. The minimum atomic E-state index is 0.0360. The molecule has 0 aliphatic heterocycles. The molecule has 2 heterocycles. The Bertz CT molecular complexity index is 570. The Morgan fingerprint density at radius 2 is 2.10 bits per heavy atom. The van der Waals surface area contributed by atoms with Gasteiger partial charge in [0.2, 0.25) is 0 Å². The number of hydrazine groups is 1. The SMILES string of the molecule is CCc1nn(C)cc1C(Cc1ccn(C(C)CC)n1)NN. The van der Waals surface area contributed by atoms with Gasteiger partial charge in [-0.3, -0.25) is 20.6 Å². The number of nitrogens with one attached hydrogen (secondary N) is 1. The van der Waals surface area contributed by atoms with Gasteiger partial charge in [-0.15, -0.1) is 0 Å². The summed E-state index contributed by atoms with van der Waals surface area (Å²) in [7, 11) is 1.94. The van der Waals surface area contributed by atoms with Crippen molar-refractivity contribution in [3.05, 3.63) is 35.4 Å². The average molecular weight is 290 g/mol. The first-order valence-electron chi connectivity index (χ1n) is 7.61. The molecule has 0 aliphatic carbocycles. The van der Waals surface area contributed by atoms with Gasteiger partial charge in [0.15, 0.2) is 0 Å². The van der Waals surface area contributed by atoms with E-state index in [0.717, 1.165) is 36.2 Å². The zero-order chi connectivity index (χ0) is 15.4. The number of nitrogens with two attached hydrogens (primary N) is 1. The van der Waals surface area contributed by atoms with Crippen molar-refractivity contribution >= 4 is 0 Å². The Hall–Kier alpha value is -1.66. The predicted octanol–water partition coefficient (Wildman–Crippen LogP) is 1.90. The summed E-state index contributed by atoms with van der Waals surface area (Å²) in [5.41, 5.74) is 6.19. The summed E-state index contributed by atoms with van der Waals surface area (Å²) in [6.45, 7) is 6.45. The minimum absolute atomic E-state index is 0.0360. The molecule has 0 bridgehead atoms. The number of hydrogen-bond donors (Lipinski definition) is 2. The molecule has 6 nitrogen and oxygen atoms in total. The van der Waals surface area contributed by atoms with Crippen molar-refractivity contribution in [2.24, 2.45) is 12.9 Å². The molecule has 0 aliphatic rings. The van der Waals surface area contributed by atoms with E-state index in [1.54, 1.807) is 0 Å². The molecule has 0 amide bonds. The zero-order valence-electron chi connectivity index (χ0n) is 13.4. The highest BCUT2D eigenvalue weighted by molar-refractivity contribution is 5.23. The van der Waals surface area contributed by atoms with Crippen LogP contribution >= 0.6 is 0 Å². The molecule has 6 heteroatoms. The van der Waals surface area contributed by atoms with Gasteiger partial charge >= 0.3 is 0 Å². The van der Waals surface area contributed by atoms with Crippen LogP contribution in [0.3, 0.4) is 0 Å². The highest BCUT2D eigenvalue weighted by atomic mass is 15.3. The van der Waals surface area contributed by atoms with Crippen LogP contribution in [0.15, 0.2) is 18.5 Å². The lowest BCUT2D eigenvalue weighted by atomic mass is 10.0. The minimum Gasteiger partial charge on any atom is -0.275 e. The fraction of sp³-hybridized carbons (Fsp3) is 0.600. The van der Waals surface area contributed by atoms with Crippen molar-refractivity contribution in [2.75, 3.05) is 0 Å². The Balaban J connectivity index is 2.17. The standard InChI is InChI=1S/C15H26N6/c1-5-11(3)21-8-7-12(18-21)9-15(17-16)13-10-20(4)19-14(13)6-2/h7-8,10-11,15,17H,5-6,9,16H2,1-4H3. The van der Waals surface area contributed by atoms with Crippen molar-refractivity contribution in [1.29, 1.82) is 0 Å². The van der Waals surface area contributed by atoms with Crippen LogP contribution < -0.4 is 11.3 Å². The monoisotopic (exact) mass is 290 g/mol. The van der Waals surface area contributed by atoms with Crippen molar-refractivity contribution in [3.8, 4) is 0 Å². The number of nitrogens with zero attached hydrogens (tertiary/aromatic N) is 4. The van der Waals surface area contributed by atoms with E-state index in [0.29, 0.717) is 6.04 Å². The first kappa shape index (κ1) is 15.7. The lowest BCUT2D eigenvalue weighted by Gasteiger charge is -2.14. The van der Waals surface area contributed by atoms with Crippen LogP contribution in [0.25, 0.3) is 0 Å². The van der Waals surface area contributed by atoms with Crippen LogP contribution in [0.1, 0.15) is 56.2 Å². The van der Waals surface area contributed by atoms with Crippen LogP contribution in [0, 0.1) is 0 Å². The van der Waals surface area contributed by atoms with Crippen LogP contribution in [0.2, 0.25) is 0 Å². The lowest BCUT2D eigenvalue weighted by Crippen LogP contribution is -2.30. The maximum Gasteiger partial charge on any atom is 0.0670 e. The number of aryl methyl sites for hydroxylation is 2. The van der Waals surface area contributed by atoms with E-state index >= 15 is 0 Å². The summed E-state index contributed by atoms with van der Waals surface area (Å²) in [5.74, 6) is 5.76. The van der Waals surface area contributed by atoms with E-state index in [9.17, 15) is 0 Å². The highest BCUT2D eigenvalue weighted by Gasteiger charge is 2.18. The second kappa shape index (κ2) is 6.87. The summed E-state index contributed by atoms with van der Waals surface area (Å²) < 4.78 is 3.86. The van der Waals surface area contributed by atoms with Gasteiger partial charge in [-0.2, -0.15) is 10.2 Å². The molecule has 2 unspecified atom stereocenters. The average Bonchev–Trinajstić information content (AvgIpc) is 3.10. The van der Waals surface area contributed by atoms with Gasteiger partial charge in [0.1, 0.15) is 0 Å². The fourth-order valence-electron chi connectivity index (χ4n) is 2.51. The molecule has 2 aromatic rings. The number of rotatable bonds is 7. The molecule has 0 saturated carbocycles. The van der Waals surface area contributed by atoms with Crippen LogP contribution in [-0.4, -0.2) is 19.6 Å². The molecule has 2 atom stereocenters. The summed E-state index contributed by atoms with van der Waals surface area (Å²) in [4.78, 5) is 0. The second-order valence-corrected chi connectivity index (χ2v) is 5.53. The molecule has 2 aromatic heterocycles. The van der Waals surface area contributed by atoms with Crippen LogP contribution in [0.4, 0.5) is 0 Å². The highest BCUT2D eigenvalue weighted by Crippen LogP contribution is 2.21. The van der Waals surface area contributed by atoms with Gasteiger partial charge in [0.25, 0.3) is 0 Å². The van der Waals surface area contributed by atoms with E-state index in [1.165, 1.54) is 0 Å². The largest absolute Gasteiger partial charge is 0.275 e. The quantitative estimate of drug-likeness (QED) is 0.603. The molecule has 0 radical (unpaired) electrons. The zero-order valence-corrected chi connectivity index (χ0v) is 13.4. The lowest BCUT2D eigenvalue weighted by molar-refractivity contribution is 0.466. The van der Waals surface area contributed by atoms with E-state index in [4.69, 9.17) is 5.84 Å². The molecule has 0 spiro atoms. The molecular formula is C15H26N6. The first-order valence-corrected chi connectivity index (χ1v) is 7.61. The normalized spacial score (nSPS) is 14.3. The molecule has 2 rings (SSSR count). The van der Waals surface area contributed by atoms with Crippen LogP contribution in [0.5, 0.6) is 0 Å². The number of aromatic nitrogens is 4. The molecule has 3 N–H and O–H groups in total. The Kier molecular flexibility index (Phi) is 5.14. The molecule has 0 saturated heterocycles. The van der Waals surface area contributed by atoms with Gasteiger partial charge < -0.3 is 0 Å². The second-order valence-electron chi connectivity index (χ2n) is 5.53. The molecule has 116 valence electrons. The topological polar surface area (TPSA) is 73.7 Å². The summed E-state index contributed by atoms with van der Waals surface area (Å²) >= 11 is 0. The molecule has 0 aromatic carbocycles. The molecule has 0 fully saturated rings. The van der Waals surface area contributed by atoms with Gasteiger partial charge in [0, 0.05) is 37.5 Å². The first-order chi connectivity index (χ1) is 10.1. The maximum absolute atomic E-state index is 5.76. The summed E-state index contributed by atoms with van der Waals surface area (Å²) in [5, 5.41) is 9.13. The summed E-state index contributed by atoms with van der Waals surface area (Å²) in [6, 6.07) is 2.53. The van der Waals surface area contributed by atoms with Gasteiger partial charge in [-0.05, 0) is 25.8 Å². The van der Waals surface area contributed by atoms with Crippen molar-refractivity contribution in [2.45, 2.75) is 52.1 Å². The summed E-state index contributed by atoms with van der Waals surface area (Å²) in [6.07, 6.45) is 6.81. The van der Waals surface area contributed by atoms with E-state index in [1.807, 2.05) is 28.8 Å². The van der Waals surface area contributed by atoms with Gasteiger partial charge in [-0.1, -0.05) is 13.8 Å². The third-order valence-corrected chi connectivity index (χ3v) is 3.97. The Labute approximate surface area is 126 Å². The Morgan fingerprint density at radius 3 is 2.71 bits per heavy atom. The third kappa shape index (κ3) is 3.51. The molecular weight excluding hydrogens is 264 g/mol.